The summed E-state index contributed by atoms with van der Waals surface area (Å²) in [5.41, 5.74) is 0.940. The zero-order chi connectivity index (χ0) is 15.0. The minimum absolute atomic E-state index is 0.104. The van der Waals surface area contributed by atoms with Crippen molar-refractivity contribution in [2.24, 2.45) is 5.92 Å². The minimum Gasteiger partial charge on any atom is -0.390 e. The molecule has 2 rings (SSSR count). The molecule has 1 aliphatic carbocycles. The molecule has 6 nitrogen and oxygen atoms in total. The Morgan fingerprint density at radius 2 is 2.00 bits per heavy atom. The van der Waals surface area contributed by atoms with E-state index in [0.717, 1.165) is 25.1 Å². The van der Waals surface area contributed by atoms with Crippen molar-refractivity contribution in [3.8, 4) is 0 Å². The van der Waals surface area contributed by atoms with Crippen molar-refractivity contribution in [1.29, 1.82) is 0 Å². The molecule has 1 aromatic heterocycles. The van der Waals surface area contributed by atoms with Gasteiger partial charge in [0.25, 0.3) is 0 Å². The minimum atomic E-state index is -1.79. The summed E-state index contributed by atoms with van der Waals surface area (Å²) in [5.74, 6) is 0.165. The van der Waals surface area contributed by atoms with Crippen LogP contribution in [0, 0.1) is 5.92 Å². The van der Waals surface area contributed by atoms with Crippen LogP contribution in [0.1, 0.15) is 44.7 Å². The Morgan fingerprint density at radius 3 is 2.50 bits per heavy atom. The van der Waals surface area contributed by atoms with Gasteiger partial charge in [0.2, 0.25) is 6.29 Å². The summed E-state index contributed by atoms with van der Waals surface area (Å²) in [5, 5.41) is 24.7. The normalized spacial score (nSPS) is 15.8. The van der Waals surface area contributed by atoms with Crippen LogP contribution in [0.4, 0.5) is 0 Å². The smallest absolute Gasteiger partial charge is 0.212 e. The van der Waals surface area contributed by atoms with E-state index in [0.29, 0.717) is 0 Å². The molecule has 0 aromatic carbocycles. The average molecular weight is 284 g/mol. The number of aromatic nitrogens is 2. The number of Topliss-reactive ketones (excluding diaryl/α,β-unsaturated/α-hetero) is 1. The molecule has 1 saturated carbocycles. The van der Waals surface area contributed by atoms with E-state index in [2.05, 4.69) is 9.55 Å². The van der Waals surface area contributed by atoms with Crippen LogP contribution in [0.25, 0.3) is 0 Å². The number of carbonyl (C=O) groups excluding carboxylic acids is 1. The summed E-state index contributed by atoms with van der Waals surface area (Å²) in [6, 6.07) is 0. The molecule has 20 heavy (non-hydrogen) atoms. The fraction of sp³-hybridized carbons (Fsp3) is 0.714. The van der Waals surface area contributed by atoms with Gasteiger partial charge in [-0.3, -0.25) is 4.79 Å². The largest absolute Gasteiger partial charge is 0.390 e. The molecule has 1 aliphatic rings. The topological polar surface area (TPSA) is 95.6 Å². The highest BCUT2D eigenvalue weighted by atomic mass is 16.5. The maximum Gasteiger partial charge on any atom is 0.212 e. The molecular weight excluding hydrogens is 260 g/mol. The Morgan fingerprint density at radius 1 is 1.40 bits per heavy atom. The molecule has 1 aromatic rings. The summed E-state index contributed by atoms with van der Waals surface area (Å²) in [7, 11) is 0. The van der Waals surface area contributed by atoms with Gasteiger partial charge in [0.15, 0.2) is 5.78 Å². The third-order valence-electron chi connectivity index (χ3n) is 3.50. The number of aliphatic hydroxyl groups is 3. The highest BCUT2D eigenvalue weighted by molar-refractivity contribution is 5.78. The highest BCUT2D eigenvalue weighted by Crippen LogP contribution is 2.25. The molecular formula is C14H24N2O4. The molecule has 0 radical (unpaired) electrons. The number of hydrogen-bond donors (Lipinski definition) is 3. The number of aliphatic hydroxyl groups excluding tert-OH is 2. The zero-order valence-corrected chi connectivity index (χ0v) is 11.9. The monoisotopic (exact) mass is 284 g/mol. The second-order valence-electron chi connectivity index (χ2n) is 5.18. The number of carbonyl (C=O) groups is 1. The van der Waals surface area contributed by atoms with E-state index in [1.54, 1.807) is 6.20 Å². The lowest BCUT2D eigenvalue weighted by Crippen LogP contribution is -2.15. The van der Waals surface area contributed by atoms with Gasteiger partial charge in [0.05, 0.1) is 24.8 Å². The first-order valence-corrected chi connectivity index (χ1v) is 7.01. The van der Waals surface area contributed by atoms with Crippen LogP contribution in [-0.4, -0.2) is 36.9 Å². The number of rotatable bonds is 4. The van der Waals surface area contributed by atoms with Gasteiger partial charge in [-0.1, -0.05) is 19.3 Å². The standard InChI is InChI=1S/C11H18N2O.C3H6O3/c14-8-11-6-12-9-13(11)7-10-4-2-1-3-5-10;1-2(4)3(5)6/h6,9-10,14H,1-5,7-8H2;3,5-6H,1H3. The van der Waals surface area contributed by atoms with E-state index >= 15 is 0 Å². The molecule has 1 fully saturated rings. The van der Waals surface area contributed by atoms with Crippen molar-refractivity contribution < 1.29 is 20.1 Å². The lowest BCUT2D eigenvalue weighted by molar-refractivity contribution is -0.142. The molecule has 0 spiro atoms. The second-order valence-corrected chi connectivity index (χ2v) is 5.18. The molecule has 0 unspecified atom stereocenters. The van der Waals surface area contributed by atoms with Gasteiger partial charge in [-0.2, -0.15) is 0 Å². The summed E-state index contributed by atoms with van der Waals surface area (Å²) < 4.78 is 2.09. The number of imidazole rings is 1. The summed E-state index contributed by atoms with van der Waals surface area (Å²) in [6.45, 7) is 2.24. The molecule has 1 heterocycles. The fourth-order valence-corrected chi connectivity index (χ4v) is 2.29. The predicted octanol–water partition coefficient (Wildman–Crippen LogP) is 0.842. The van der Waals surface area contributed by atoms with Crippen LogP contribution in [0.3, 0.4) is 0 Å². The molecule has 0 atom stereocenters. The fourth-order valence-electron chi connectivity index (χ4n) is 2.29. The van der Waals surface area contributed by atoms with Gasteiger partial charge < -0.3 is 19.9 Å². The summed E-state index contributed by atoms with van der Waals surface area (Å²) in [6.07, 6.45) is 8.61. The van der Waals surface area contributed by atoms with Crippen LogP contribution in [0.15, 0.2) is 12.5 Å². The van der Waals surface area contributed by atoms with E-state index in [-0.39, 0.29) is 6.61 Å². The SMILES string of the molecule is CC(=O)C(O)O.OCc1cncn1CC1CCCCC1. The van der Waals surface area contributed by atoms with Gasteiger partial charge in [-0.25, -0.2) is 4.98 Å². The van der Waals surface area contributed by atoms with Gasteiger partial charge in [0, 0.05) is 6.54 Å². The lowest BCUT2D eigenvalue weighted by atomic mass is 9.89. The molecule has 0 saturated heterocycles. The lowest BCUT2D eigenvalue weighted by Gasteiger charge is -2.22. The first kappa shape index (κ1) is 16.8. The molecule has 0 bridgehead atoms. The zero-order valence-electron chi connectivity index (χ0n) is 11.9. The quantitative estimate of drug-likeness (QED) is 0.712. The van der Waals surface area contributed by atoms with Gasteiger partial charge in [-0.15, -0.1) is 0 Å². The highest BCUT2D eigenvalue weighted by Gasteiger charge is 2.14. The maximum atomic E-state index is 9.64. The van der Waals surface area contributed by atoms with Crippen LogP contribution >= 0.6 is 0 Å². The maximum absolute atomic E-state index is 9.64. The Kier molecular flexibility index (Phi) is 7.43. The molecule has 3 N–H and O–H groups in total. The molecule has 6 heteroatoms. The molecule has 0 amide bonds. The first-order valence-electron chi connectivity index (χ1n) is 7.01. The molecule has 0 aliphatic heterocycles. The molecule has 114 valence electrons. The van der Waals surface area contributed by atoms with Gasteiger partial charge in [0.1, 0.15) is 0 Å². The van der Waals surface area contributed by atoms with Gasteiger partial charge >= 0.3 is 0 Å². The third kappa shape index (κ3) is 5.81. The van der Waals surface area contributed by atoms with Crippen LogP contribution in [-0.2, 0) is 17.9 Å². The Hall–Kier alpha value is -1.24. The first-order chi connectivity index (χ1) is 9.54. The predicted molar refractivity (Wildman–Crippen MR) is 73.6 cm³/mol. The van der Waals surface area contributed by atoms with E-state index in [4.69, 9.17) is 15.3 Å². The third-order valence-corrected chi connectivity index (χ3v) is 3.50. The van der Waals surface area contributed by atoms with Crippen LogP contribution in [0.2, 0.25) is 0 Å². The van der Waals surface area contributed by atoms with E-state index in [9.17, 15) is 4.79 Å². The van der Waals surface area contributed by atoms with Crippen molar-refractivity contribution in [3.63, 3.8) is 0 Å². The van der Waals surface area contributed by atoms with E-state index < -0.39 is 12.1 Å². The number of hydrogen-bond acceptors (Lipinski definition) is 5. The van der Waals surface area contributed by atoms with Crippen LogP contribution in [0.5, 0.6) is 0 Å². The van der Waals surface area contributed by atoms with Crippen molar-refractivity contribution in [3.05, 3.63) is 18.2 Å². The summed E-state index contributed by atoms with van der Waals surface area (Å²) in [4.78, 5) is 13.7. The second kappa shape index (κ2) is 8.84. The van der Waals surface area contributed by atoms with Crippen molar-refractivity contribution in [2.75, 3.05) is 0 Å². The Labute approximate surface area is 119 Å². The van der Waals surface area contributed by atoms with E-state index in [1.807, 2.05) is 6.33 Å². The summed E-state index contributed by atoms with van der Waals surface area (Å²) >= 11 is 0. The Balaban J connectivity index is 0.000000286. The number of nitrogens with zero attached hydrogens (tertiary/aromatic N) is 2. The average Bonchev–Trinajstić information content (AvgIpc) is 2.87. The van der Waals surface area contributed by atoms with Crippen LogP contribution < -0.4 is 0 Å². The number of ketones is 1. The van der Waals surface area contributed by atoms with Crippen molar-refractivity contribution in [1.82, 2.24) is 9.55 Å². The van der Waals surface area contributed by atoms with Crippen molar-refractivity contribution in [2.45, 2.75) is 58.5 Å². The Bertz CT molecular complexity index is 398. The van der Waals surface area contributed by atoms with E-state index in [1.165, 1.54) is 32.1 Å². The van der Waals surface area contributed by atoms with Gasteiger partial charge in [-0.05, 0) is 25.7 Å². The van der Waals surface area contributed by atoms with Crippen molar-refractivity contribution >= 4 is 5.78 Å².